The van der Waals surface area contributed by atoms with Crippen LogP contribution in [-0.2, 0) is 0 Å². The Kier molecular flexibility index (Phi) is 4.86. The number of aromatic nitrogens is 2. The molecule has 0 bridgehead atoms. The van der Waals surface area contributed by atoms with Crippen LogP contribution in [0.1, 0.15) is 10.4 Å². The maximum Gasteiger partial charge on any atom is 0.222 e. The Balaban J connectivity index is 2.93. The summed E-state index contributed by atoms with van der Waals surface area (Å²) in [5.74, 6) is -0.407. The van der Waals surface area contributed by atoms with Crippen LogP contribution < -0.4 is 5.73 Å². The summed E-state index contributed by atoms with van der Waals surface area (Å²) in [6, 6.07) is 0. The number of hydrogen-bond donors (Lipinski definition) is 1. The third-order valence-corrected chi connectivity index (χ3v) is 2.37. The summed E-state index contributed by atoms with van der Waals surface area (Å²) in [5, 5.41) is -0.0796. The number of likely N-dealkylation sites (N-methyl/N-ethyl adjacent to an activating group) is 1. The van der Waals surface area contributed by atoms with E-state index < -0.39 is 0 Å². The number of anilines is 1. The molecule has 0 aliphatic rings. The highest BCUT2D eigenvalue weighted by Crippen LogP contribution is 2.22. The van der Waals surface area contributed by atoms with Crippen LogP contribution in [0, 0.1) is 0 Å². The molecule has 0 unspecified atom stereocenters. The van der Waals surface area contributed by atoms with E-state index >= 15 is 0 Å². The Morgan fingerprint density at radius 3 is 2.35 bits per heavy atom. The van der Waals surface area contributed by atoms with E-state index in [1.54, 1.807) is 6.08 Å². The van der Waals surface area contributed by atoms with Crippen LogP contribution in [0.3, 0.4) is 0 Å². The van der Waals surface area contributed by atoms with Gasteiger partial charge in [-0.3, -0.25) is 4.79 Å². The van der Waals surface area contributed by atoms with Gasteiger partial charge in [0.1, 0.15) is 10.3 Å². The molecule has 1 aromatic rings. The molecule has 5 nitrogen and oxygen atoms in total. The highest BCUT2D eigenvalue weighted by molar-refractivity contribution is 6.39. The summed E-state index contributed by atoms with van der Waals surface area (Å²) in [6.45, 7) is 0.636. The Morgan fingerprint density at radius 1 is 1.35 bits per heavy atom. The number of carbonyl (C=O) groups excluding carboxylic acids is 1. The summed E-state index contributed by atoms with van der Waals surface area (Å²) in [6.07, 6.45) is 3.08. The van der Waals surface area contributed by atoms with Gasteiger partial charge >= 0.3 is 0 Å². The molecule has 0 aliphatic carbocycles. The van der Waals surface area contributed by atoms with Crippen molar-refractivity contribution < 1.29 is 4.79 Å². The van der Waals surface area contributed by atoms with Gasteiger partial charge in [-0.2, -0.15) is 0 Å². The van der Waals surface area contributed by atoms with Gasteiger partial charge in [0.15, 0.2) is 5.78 Å². The topological polar surface area (TPSA) is 72.1 Å². The molecule has 0 radical (unpaired) electrons. The fraction of sp³-hybridized carbons (Fsp3) is 0.300. The van der Waals surface area contributed by atoms with Gasteiger partial charge in [0.25, 0.3) is 0 Å². The minimum Gasteiger partial charge on any atom is -0.368 e. The van der Waals surface area contributed by atoms with Crippen molar-refractivity contribution in [2.24, 2.45) is 0 Å². The zero-order valence-corrected chi connectivity index (χ0v) is 11.0. The van der Waals surface area contributed by atoms with E-state index in [9.17, 15) is 4.79 Å². The average molecular weight is 275 g/mol. The predicted molar refractivity (Wildman–Crippen MR) is 68.5 cm³/mol. The predicted octanol–water partition coefficient (Wildman–Crippen LogP) is 1.67. The molecule has 1 rings (SSSR count). The van der Waals surface area contributed by atoms with Gasteiger partial charge in [0, 0.05) is 6.54 Å². The lowest BCUT2D eigenvalue weighted by Gasteiger charge is -2.04. The molecule has 0 spiro atoms. The molecule has 0 amide bonds. The highest BCUT2D eigenvalue weighted by atomic mass is 35.5. The van der Waals surface area contributed by atoms with Gasteiger partial charge < -0.3 is 10.6 Å². The molecule has 0 aromatic carbocycles. The second kappa shape index (κ2) is 5.95. The van der Waals surface area contributed by atoms with Crippen molar-refractivity contribution in [1.82, 2.24) is 14.9 Å². The lowest BCUT2D eigenvalue weighted by molar-refractivity contribution is 0.104. The first-order chi connectivity index (χ1) is 7.91. The Bertz CT molecular complexity index is 437. The van der Waals surface area contributed by atoms with Crippen molar-refractivity contribution in [3.8, 4) is 0 Å². The van der Waals surface area contributed by atoms with Crippen LogP contribution >= 0.6 is 23.2 Å². The number of carbonyl (C=O) groups is 1. The highest BCUT2D eigenvalue weighted by Gasteiger charge is 2.15. The minimum atomic E-state index is -0.346. The van der Waals surface area contributed by atoms with Crippen molar-refractivity contribution in [2.75, 3.05) is 26.4 Å². The van der Waals surface area contributed by atoms with Crippen molar-refractivity contribution in [2.45, 2.75) is 0 Å². The SMILES string of the molecule is CN(C)C/C=C/C(=O)c1c(Cl)nc(N)nc1Cl. The number of hydrogen-bond acceptors (Lipinski definition) is 5. The van der Waals surface area contributed by atoms with Gasteiger partial charge in [-0.05, 0) is 20.2 Å². The molecular weight excluding hydrogens is 263 g/mol. The van der Waals surface area contributed by atoms with Crippen molar-refractivity contribution >= 4 is 34.9 Å². The molecule has 0 saturated carbocycles. The van der Waals surface area contributed by atoms with Gasteiger partial charge in [0.2, 0.25) is 5.95 Å². The maximum atomic E-state index is 11.8. The first kappa shape index (κ1) is 13.9. The van der Waals surface area contributed by atoms with Crippen LogP contribution in [0.4, 0.5) is 5.95 Å². The Morgan fingerprint density at radius 2 is 1.88 bits per heavy atom. The van der Waals surface area contributed by atoms with E-state index in [1.165, 1.54) is 6.08 Å². The molecule has 0 saturated heterocycles. The summed E-state index contributed by atoms with van der Waals surface area (Å²) < 4.78 is 0. The van der Waals surface area contributed by atoms with Crippen molar-refractivity contribution in [3.63, 3.8) is 0 Å². The fourth-order valence-corrected chi connectivity index (χ4v) is 1.67. The zero-order chi connectivity index (χ0) is 13.0. The van der Waals surface area contributed by atoms with Gasteiger partial charge in [-0.25, -0.2) is 9.97 Å². The van der Waals surface area contributed by atoms with E-state index in [0.717, 1.165) is 0 Å². The molecule has 0 atom stereocenters. The quantitative estimate of drug-likeness (QED) is 0.514. The molecule has 0 aliphatic heterocycles. The summed E-state index contributed by atoms with van der Waals surface area (Å²) >= 11 is 11.6. The van der Waals surface area contributed by atoms with Crippen LogP contribution in [0.15, 0.2) is 12.2 Å². The van der Waals surface area contributed by atoms with Gasteiger partial charge in [-0.15, -0.1) is 0 Å². The largest absolute Gasteiger partial charge is 0.368 e. The standard InChI is InChI=1S/C10H12Cl2N4O/c1-16(2)5-3-4-6(17)7-8(11)14-10(13)15-9(7)12/h3-4H,5H2,1-2H3,(H2,13,14,15)/b4-3+. The summed E-state index contributed by atoms with van der Waals surface area (Å²) in [4.78, 5) is 21.1. The lowest BCUT2D eigenvalue weighted by atomic mass is 10.2. The molecule has 7 heteroatoms. The third-order valence-electron chi connectivity index (χ3n) is 1.82. The number of nitrogens with two attached hydrogens (primary N) is 1. The van der Waals surface area contributed by atoms with Crippen LogP contribution in [-0.4, -0.2) is 41.3 Å². The summed E-state index contributed by atoms with van der Waals surface area (Å²) in [7, 11) is 3.78. The smallest absolute Gasteiger partial charge is 0.222 e. The number of halogens is 2. The molecule has 0 fully saturated rings. The van der Waals surface area contributed by atoms with Crippen molar-refractivity contribution in [3.05, 3.63) is 28.0 Å². The Labute approximate surface area is 109 Å². The molecule has 92 valence electrons. The lowest BCUT2D eigenvalue weighted by Crippen LogP contribution is -2.11. The normalized spacial score (nSPS) is 11.4. The van der Waals surface area contributed by atoms with E-state index in [0.29, 0.717) is 6.54 Å². The van der Waals surface area contributed by atoms with E-state index in [-0.39, 0.29) is 27.6 Å². The van der Waals surface area contributed by atoms with E-state index in [1.807, 2.05) is 19.0 Å². The number of rotatable bonds is 4. The molecule has 17 heavy (non-hydrogen) atoms. The van der Waals surface area contributed by atoms with Crippen LogP contribution in [0.2, 0.25) is 10.3 Å². The summed E-state index contributed by atoms with van der Waals surface area (Å²) in [5.41, 5.74) is 5.41. The first-order valence-corrected chi connectivity index (χ1v) is 5.51. The third kappa shape index (κ3) is 3.96. The average Bonchev–Trinajstić information content (AvgIpc) is 2.14. The fourth-order valence-electron chi connectivity index (χ4n) is 1.08. The van der Waals surface area contributed by atoms with Gasteiger partial charge in [-0.1, -0.05) is 29.3 Å². The van der Waals surface area contributed by atoms with Crippen LogP contribution in [0.5, 0.6) is 0 Å². The number of allylic oxidation sites excluding steroid dienone is 1. The number of ketones is 1. The molecule has 1 heterocycles. The monoisotopic (exact) mass is 274 g/mol. The second-order valence-electron chi connectivity index (χ2n) is 3.57. The number of nitrogen functional groups attached to an aromatic ring is 1. The zero-order valence-electron chi connectivity index (χ0n) is 9.44. The molecular formula is C10H12Cl2N4O. The Hall–Kier alpha value is -1.17. The second-order valence-corrected chi connectivity index (χ2v) is 4.28. The van der Waals surface area contributed by atoms with Crippen LogP contribution in [0.25, 0.3) is 0 Å². The first-order valence-electron chi connectivity index (χ1n) is 4.76. The molecule has 1 aromatic heterocycles. The van der Waals surface area contributed by atoms with Gasteiger partial charge in [0.05, 0.1) is 5.56 Å². The number of nitrogens with zero attached hydrogens (tertiary/aromatic N) is 3. The van der Waals surface area contributed by atoms with Crippen molar-refractivity contribution in [1.29, 1.82) is 0 Å². The van der Waals surface area contributed by atoms with E-state index in [2.05, 4.69) is 9.97 Å². The van der Waals surface area contributed by atoms with E-state index in [4.69, 9.17) is 28.9 Å². The molecule has 2 N–H and O–H groups in total. The minimum absolute atomic E-state index is 0.0398. The maximum absolute atomic E-state index is 11.8.